The fraction of sp³-hybridized carbons (Fsp3) is 0.647. The van der Waals surface area contributed by atoms with E-state index >= 15 is 0 Å². The third kappa shape index (κ3) is 4.57. The summed E-state index contributed by atoms with van der Waals surface area (Å²) in [6, 6.07) is 7.61. The Balaban J connectivity index is 1.82. The van der Waals surface area contributed by atoms with E-state index in [1.807, 2.05) is 6.07 Å². The summed E-state index contributed by atoms with van der Waals surface area (Å²) in [6.07, 6.45) is 5.15. The van der Waals surface area contributed by atoms with Gasteiger partial charge in [0.2, 0.25) is 0 Å². The van der Waals surface area contributed by atoms with E-state index in [-0.39, 0.29) is 5.82 Å². The maximum absolute atomic E-state index is 13.2. The molecule has 0 aliphatic heterocycles. The molecule has 0 spiro atoms. The number of halogens is 1. The van der Waals surface area contributed by atoms with E-state index in [1.165, 1.54) is 31.7 Å². The lowest BCUT2D eigenvalue weighted by Crippen LogP contribution is -2.38. The van der Waals surface area contributed by atoms with Crippen LogP contribution in [0.3, 0.4) is 0 Å². The molecule has 112 valence electrons. The van der Waals surface area contributed by atoms with E-state index in [0.717, 1.165) is 31.1 Å². The molecule has 0 heterocycles. The van der Waals surface area contributed by atoms with Crippen molar-refractivity contribution in [2.24, 2.45) is 5.92 Å². The van der Waals surface area contributed by atoms with Crippen molar-refractivity contribution in [2.45, 2.75) is 45.2 Å². The van der Waals surface area contributed by atoms with Gasteiger partial charge in [-0.2, -0.15) is 0 Å². The van der Waals surface area contributed by atoms with Crippen LogP contribution in [0.25, 0.3) is 0 Å². The average molecular weight is 278 g/mol. The Kier molecular flexibility index (Phi) is 5.99. The molecule has 2 nitrogen and oxygen atoms in total. The number of benzene rings is 1. The molecule has 2 atom stereocenters. The molecule has 0 saturated heterocycles. The van der Waals surface area contributed by atoms with Crippen LogP contribution in [0.1, 0.15) is 38.2 Å². The van der Waals surface area contributed by atoms with Crippen LogP contribution in [0.15, 0.2) is 24.3 Å². The van der Waals surface area contributed by atoms with Gasteiger partial charge in [0.1, 0.15) is 5.82 Å². The molecule has 1 N–H and O–H groups in total. The van der Waals surface area contributed by atoms with Gasteiger partial charge >= 0.3 is 0 Å². The second kappa shape index (κ2) is 7.75. The summed E-state index contributed by atoms with van der Waals surface area (Å²) in [5.74, 6) is 0.597. The number of hydrogen-bond donors (Lipinski definition) is 1. The number of rotatable bonds is 7. The smallest absolute Gasteiger partial charge is 0.123 e. The van der Waals surface area contributed by atoms with E-state index in [0.29, 0.717) is 6.04 Å². The first-order valence-electron chi connectivity index (χ1n) is 7.85. The van der Waals surface area contributed by atoms with Gasteiger partial charge in [0.05, 0.1) is 0 Å². The fourth-order valence-electron chi connectivity index (χ4n) is 3.27. The van der Waals surface area contributed by atoms with Crippen LogP contribution in [-0.4, -0.2) is 31.1 Å². The quantitative estimate of drug-likeness (QED) is 0.822. The predicted octanol–water partition coefficient (Wildman–Crippen LogP) is 3.43. The van der Waals surface area contributed by atoms with Crippen molar-refractivity contribution in [3.63, 3.8) is 0 Å². The van der Waals surface area contributed by atoms with Crippen molar-refractivity contribution in [3.05, 3.63) is 35.6 Å². The van der Waals surface area contributed by atoms with Crippen LogP contribution in [0.5, 0.6) is 0 Å². The molecule has 1 aromatic rings. The zero-order chi connectivity index (χ0) is 14.4. The molecule has 1 aromatic carbocycles. The molecule has 2 unspecified atom stereocenters. The molecule has 0 radical (unpaired) electrons. The standard InChI is InChI=1S/C17H27FN2/c1-3-10-19-17-9-5-7-15(17)13-20(2)12-14-6-4-8-16(18)11-14/h4,6,8,11,15,17,19H,3,5,7,9-10,12-13H2,1-2H3. The van der Waals surface area contributed by atoms with E-state index in [1.54, 1.807) is 12.1 Å². The van der Waals surface area contributed by atoms with Crippen LogP contribution < -0.4 is 5.32 Å². The summed E-state index contributed by atoms with van der Waals surface area (Å²) in [4.78, 5) is 2.32. The second-order valence-corrected chi connectivity index (χ2v) is 6.08. The van der Waals surface area contributed by atoms with E-state index < -0.39 is 0 Å². The average Bonchev–Trinajstić information content (AvgIpc) is 2.83. The summed E-state index contributed by atoms with van der Waals surface area (Å²) in [5.41, 5.74) is 1.06. The van der Waals surface area contributed by atoms with Crippen molar-refractivity contribution in [1.82, 2.24) is 10.2 Å². The first kappa shape index (κ1) is 15.5. The van der Waals surface area contributed by atoms with Gasteiger partial charge in [0, 0.05) is 19.1 Å². The molecule has 1 saturated carbocycles. The molecule has 0 bridgehead atoms. The summed E-state index contributed by atoms with van der Waals surface area (Å²) < 4.78 is 13.2. The van der Waals surface area contributed by atoms with Gasteiger partial charge in [-0.15, -0.1) is 0 Å². The van der Waals surface area contributed by atoms with Crippen molar-refractivity contribution >= 4 is 0 Å². The molecular weight excluding hydrogens is 251 g/mol. The van der Waals surface area contributed by atoms with E-state index in [4.69, 9.17) is 0 Å². The number of hydrogen-bond acceptors (Lipinski definition) is 2. The van der Waals surface area contributed by atoms with E-state index in [9.17, 15) is 4.39 Å². The molecule has 1 aliphatic carbocycles. The predicted molar refractivity (Wildman–Crippen MR) is 82.2 cm³/mol. The summed E-state index contributed by atoms with van der Waals surface area (Å²) in [6.45, 7) is 5.26. The highest BCUT2D eigenvalue weighted by molar-refractivity contribution is 5.16. The molecule has 1 aliphatic rings. The maximum atomic E-state index is 13.2. The van der Waals surface area contributed by atoms with Crippen molar-refractivity contribution in [1.29, 1.82) is 0 Å². The molecule has 0 aromatic heterocycles. The zero-order valence-corrected chi connectivity index (χ0v) is 12.7. The minimum Gasteiger partial charge on any atom is -0.314 e. The Labute approximate surface area is 122 Å². The van der Waals surface area contributed by atoms with Gasteiger partial charge in [-0.1, -0.05) is 25.5 Å². The second-order valence-electron chi connectivity index (χ2n) is 6.08. The van der Waals surface area contributed by atoms with Crippen LogP contribution in [-0.2, 0) is 6.54 Å². The fourth-order valence-corrected chi connectivity index (χ4v) is 3.27. The normalized spacial score (nSPS) is 22.6. The Hall–Kier alpha value is -0.930. The minimum atomic E-state index is -0.140. The number of nitrogens with zero attached hydrogens (tertiary/aromatic N) is 1. The van der Waals surface area contributed by atoms with E-state index in [2.05, 4.69) is 24.2 Å². The molecule has 20 heavy (non-hydrogen) atoms. The highest BCUT2D eigenvalue weighted by Crippen LogP contribution is 2.26. The molecule has 1 fully saturated rings. The van der Waals surface area contributed by atoms with Crippen molar-refractivity contribution in [3.8, 4) is 0 Å². The summed E-state index contributed by atoms with van der Waals surface area (Å²) >= 11 is 0. The summed E-state index contributed by atoms with van der Waals surface area (Å²) in [7, 11) is 2.14. The van der Waals surface area contributed by atoms with Crippen molar-refractivity contribution < 1.29 is 4.39 Å². The van der Waals surface area contributed by atoms with Crippen molar-refractivity contribution in [2.75, 3.05) is 20.1 Å². The van der Waals surface area contributed by atoms with Crippen LogP contribution >= 0.6 is 0 Å². The van der Waals surface area contributed by atoms with Gasteiger partial charge in [-0.3, -0.25) is 0 Å². The highest BCUT2D eigenvalue weighted by Gasteiger charge is 2.27. The molecule has 3 heteroatoms. The van der Waals surface area contributed by atoms with Gasteiger partial charge < -0.3 is 10.2 Å². The lowest BCUT2D eigenvalue weighted by Gasteiger charge is -2.26. The summed E-state index contributed by atoms with van der Waals surface area (Å²) in [5, 5.41) is 3.67. The van der Waals surface area contributed by atoms with Crippen LogP contribution in [0.2, 0.25) is 0 Å². The van der Waals surface area contributed by atoms with Crippen LogP contribution in [0.4, 0.5) is 4.39 Å². The van der Waals surface area contributed by atoms with Gasteiger partial charge in [-0.05, 0) is 56.5 Å². The zero-order valence-electron chi connectivity index (χ0n) is 12.7. The Morgan fingerprint density at radius 2 is 2.20 bits per heavy atom. The monoisotopic (exact) mass is 278 g/mol. The molecular formula is C17H27FN2. The highest BCUT2D eigenvalue weighted by atomic mass is 19.1. The Bertz CT molecular complexity index is 408. The van der Waals surface area contributed by atoms with Gasteiger partial charge in [-0.25, -0.2) is 4.39 Å². The van der Waals surface area contributed by atoms with Gasteiger partial charge in [0.15, 0.2) is 0 Å². The first-order chi connectivity index (χ1) is 9.69. The molecule has 2 rings (SSSR count). The minimum absolute atomic E-state index is 0.140. The third-order valence-electron chi connectivity index (χ3n) is 4.20. The topological polar surface area (TPSA) is 15.3 Å². The Morgan fingerprint density at radius 1 is 1.35 bits per heavy atom. The van der Waals surface area contributed by atoms with Gasteiger partial charge in [0.25, 0.3) is 0 Å². The molecule has 0 amide bonds. The third-order valence-corrected chi connectivity index (χ3v) is 4.20. The number of nitrogens with one attached hydrogen (secondary N) is 1. The lowest BCUT2D eigenvalue weighted by molar-refractivity contribution is 0.245. The SMILES string of the molecule is CCCNC1CCCC1CN(C)Cc1cccc(F)c1. The first-order valence-corrected chi connectivity index (χ1v) is 7.85. The lowest BCUT2D eigenvalue weighted by atomic mass is 10.0. The maximum Gasteiger partial charge on any atom is 0.123 e. The van der Waals surface area contributed by atoms with Crippen LogP contribution in [0, 0.1) is 11.7 Å². The largest absolute Gasteiger partial charge is 0.314 e. The Morgan fingerprint density at radius 3 is 2.95 bits per heavy atom.